The summed E-state index contributed by atoms with van der Waals surface area (Å²) in [5.74, 6) is 0.0614. The molecule has 32 heavy (non-hydrogen) atoms. The molecular formula is C23H22N2O6S. The predicted octanol–water partition coefficient (Wildman–Crippen LogP) is 3.52. The normalized spacial score (nSPS) is 11.1. The van der Waals surface area contributed by atoms with Gasteiger partial charge in [0.15, 0.2) is 6.61 Å². The molecule has 0 aliphatic rings. The van der Waals surface area contributed by atoms with Crippen LogP contribution in [0.15, 0.2) is 83.8 Å². The highest BCUT2D eigenvalue weighted by molar-refractivity contribution is 7.89. The third-order valence-electron chi connectivity index (χ3n) is 4.32. The molecule has 1 amide bonds. The lowest BCUT2D eigenvalue weighted by molar-refractivity contribution is -0.119. The minimum absolute atomic E-state index is 0.0523. The maximum Gasteiger partial charge on any atom is 0.338 e. The SMILES string of the molecule is CN(C)S(=O)(=O)c1ccc(C(=O)OCC(=O)Nc2ccc(Oc3ccccc3)cc2)cc1. The van der Waals surface area contributed by atoms with Crippen LogP contribution in [0.25, 0.3) is 0 Å². The van der Waals surface area contributed by atoms with Gasteiger partial charge in [-0.05, 0) is 60.7 Å². The molecule has 0 aromatic heterocycles. The molecular weight excluding hydrogens is 432 g/mol. The van der Waals surface area contributed by atoms with Gasteiger partial charge in [0.1, 0.15) is 11.5 Å². The molecule has 3 rings (SSSR count). The molecule has 1 N–H and O–H groups in total. The van der Waals surface area contributed by atoms with E-state index in [0.717, 1.165) is 4.31 Å². The molecule has 0 heterocycles. The Hall–Kier alpha value is -3.69. The van der Waals surface area contributed by atoms with Crippen LogP contribution in [0.1, 0.15) is 10.4 Å². The number of amides is 1. The monoisotopic (exact) mass is 454 g/mol. The number of para-hydroxylation sites is 1. The summed E-state index contributed by atoms with van der Waals surface area (Å²) >= 11 is 0. The number of nitrogens with zero attached hydrogens (tertiary/aromatic N) is 1. The lowest BCUT2D eigenvalue weighted by Crippen LogP contribution is -2.22. The second-order valence-electron chi connectivity index (χ2n) is 6.88. The van der Waals surface area contributed by atoms with Crippen LogP contribution in [0.3, 0.4) is 0 Å². The van der Waals surface area contributed by atoms with Gasteiger partial charge in [-0.15, -0.1) is 0 Å². The fraction of sp³-hybridized carbons (Fsp3) is 0.130. The van der Waals surface area contributed by atoms with Crippen molar-refractivity contribution in [2.45, 2.75) is 4.90 Å². The van der Waals surface area contributed by atoms with Crippen molar-refractivity contribution in [3.8, 4) is 11.5 Å². The summed E-state index contributed by atoms with van der Waals surface area (Å²) in [5.41, 5.74) is 0.655. The highest BCUT2D eigenvalue weighted by Gasteiger charge is 2.18. The Morgan fingerprint density at radius 2 is 1.44 bits per heavy atom. The van der Waals surface area contributed by atoms with E-state index in [1.54, 1.807) is 24.3 Å². The fourth-order valence-electron chi connectivity index (χ4n) is 2.62. The van der Waals surface area contributed by atoms with E-state index in [0.29, 0.717) is 17.2 Å². The summed E-state index contributed by atoms with van der Waals surface area (Å²) in [6.45, 7) is -0.487. The first kappa shape index (κ1) is 23.0. The number of sulfonamides is 1. The third kappa shape index (κ3) is 5.93. The van der Waals surface area contributed by atoms with Crippen LogP contribution in [0.5, 0.6) is 11.5 Å². The van der Waals surface area contributed by atoms with Gasteiger partial charge in [-0.1, -0.05) is 18.2 Å². The van der Waals surface area contributed by atoms with E-state index in [1.807, 2.05) is 30.3 Å². The molecule has 0 atom stereocenters. The van der Waals surface area contributed by atoms with Gasteiger partial charge in [0.2, 0.25) is 10.0 Å². The van der Waals surface area contributed by atoms with E-state index in [4.69, 9.17) is 9.47 Å². The molecule has 0 fully saturated rings. The number of hydrogen-bond donors (Lipinski definition) is 1. The summed E-state index contributed by atoms with van der Waals surface area (Å²) in [6.07, 6.45) is 0. The maximum atomic E-state index is 12.1. The highest BCUT2D eigenvalue weighted by atomic mass is 32.2. The number of carbonyl (C=O) groups excluding carboxylic acids is 2. The number of ether oxygens (including phenoxy) is 2. The smallest absolute Gasteiger partial charge is 0.338 e. The molecule has 0 unspecified atom stereocenters. The van der Waals surface area contributed by atoms with E-state index >= 15 is 0 Å². The van der Waals surface area contributed by atoms with Crippen LogP contribution >= 0.6 is 0 Å². The number of nitrogens with one attached hydrogen (secondary N) is 1. The molecule has 0 aliphatic carbocycles. The summed E-state index contributed by atoms with van der Waals surface area (Å²) in [4.78, 5) is 24.3. The van der Waals surface area contributed by atoms with Crippen molar-refractivity contribution in [2.24, 2.45) is 0 Å². The van der Waals surface area contributed by atoms with Crippen LogP contribution < -0.4 is 10.1 Å². The van der Waals surface area contributed by atoms with Crippen LogP contribution in [-0.2, 0) is 19.6 Å². The molecule has 0 aliphatic heterocycles. The zero-order valence-corrected chi connectivity index (χ0v) is 18.3. The van der Waals surface area contributed by atoms with Crippen molar-refractivity contribution in [1.82, 2.24) is 4.31 Å². The molecule has 9 heteroatoms. The molecule has 166 valence electrons. The Balaban J connectivity index is 1.50. The number of rotatable bonds is 8. The lowest BCUT2D eigenvalue weighted by atomic mass is 10.2. The van der Waals surface area contributed by atoms with Gasteiger partial charge in [-0.2, -0.15) is 0 Å². The van der Waals surface area contributed by atoms with Gasteiger partial charge in [0.25, 0.3) is 5.91 Å². The van der Waals surface area contributed by atoms with E-state index in [1.165, 1.54) is 38.4 Å². The molecule has 0 saturated carbocycles. The van der Waals surface area contributed by atoms with Crippen molar-refractivity contribution < 1.29 is 27.5 Å². The number of carbonyl (C=O) groups is 2. The molecule has 0 bridgehead atoms. The van der Waals surface area contributed by atoms with Gasteiger partial charge in [-0.3, -0.25) is 4.79 Å². The minimum atomic E-state index is -3.59. The highest BCUT2D eigenvalue weighted by Crippen LogP contribution is 2.22. The lowest BCUT2D eigenvalue weighted by Gasteiger charge is -2.11. The van der Waals surface area contributed by atoms with E-state index in [2.05, 4.69) is 5.32 Å². The van der Waals surface area contributed by atoms with Crippen molar-refractivity contribution in [2.75, 3.05) is 26.0 Å². The minimum Gasteiger partial charge on any atom is -0.457 e. The molecule has 3 aromatic rings. The molecule has 0 radical (unpaired) electrons. The average molecular weight is 455 g/mol. The number of anilines is 1. The quantitative estimate of drug-likeness (QED) is 0.523. The van der Waals surface area contributed by atoms with Crippen LogP contribution in [0.2, 0.25) is 0 Å². The van der Waals surface area contributed by atoms with Crippen LogP contribution in [-0.4, -0.2) is 45.3 Å². The number of hydrogen-bond acceptors (Lipinski definition) is 6. The molecule has 0 spiro atoms. The molecule has 8 nitrogen and oxygen atoms in total. The number of benzene rings is 3. The third-order valence-corrected chi connectivity index (χ3v) is 6.15. The van der Waals surface area contributed by atoms with Crippen molar-refractivity contribution in [1.29, 1.82) is 0 Å². The Morgan fingerprint density at radius 1 is 0.844 bits per heavy atom. The first-order valence-corrected chi connectivity index (χ1v) is 11.0. The van der Waals surface area contributed by atoms with Crippen LogP contribution in [0, 0.1) is 0 Å². The van der Waals surface area contributed by atoms with Gasteiger partial charge in [0, 0.05) is 19.8 Å². The fourth-order valence-corrected chi connectivity index (χ4v) is 3.52. The molecule has 3 aromatic carbocycles. The first-order valence-electron chi connectivity index (χ1n) is 9.58. The topological polar surface area (TPSA) is 102 Å². The number of esters is 1. The first-order chi connectivity index (χ1) is 15.3. The summed E-state index contributed by atoms with van der Waals surface area (Å²) in [5, 5.41) is 2.62. The van der Waals surface area contributed by atoms with E-state index in [9.17, 15) is 18.0 Å². The van der Waals surface area contributed by atoms with Crippen molar-refractivity contribution in [3.63, 3.8) is 0 Å². The zero-order chi connectivity index (χ0) is 23.1. The zero-order valence-electron chi connectivity index (χ0n) is 17.5. The van der Waals surface area contributed by atoms with E-state index in [-0.39, 0.29) is 10.5 Å². The maximum absolute atomic E-state index is 12.1. The predicted molar refractivity (Wildman–Crippen MR) is 119 cm³/mol. The van der Waals surface area contributed by atoms with Gasteiger partial charge < -0.3 is 14.8 Å². The summed E-state index contributed by atoms with van der Waals surface area (Å²) in [7, 11) is -0.759. The summed E-state index contributed by atoms with van der Waals surface area (Å²) in [6, 6.07) is 21.3. The Morgan fingerprint density at radius 3 is 2.03 bits per heavy atom. The van der Waals surface area contributed by atoms with Crippen molar-refractivity contribution >= 4 is 27.6 Å². The summed E-state index contributed by atoms with van der Waals surface area (Å²) < 4.78 is 35.9. The van der Waals surface area contributed by atoms with Gasteiger partial charge in [0.05, 0.1) is 10.5 Å². The standard InChI is InChI=1S/C23H22N2O6S/c1-25(2)32(28,29)21-14-8-17(9-15-21)23(27)30-16-22(26)24-18-10-12-20(13-11-18)31-19-6-4-3-5-7-19/h3-15H,16H2,1-2H3,(H,24,26). The van der Waals surface area contributed by atoms with E-state index < -0.39 is 28.5 Å². The van der Waals surface area contributed by atoms with Crippen molar-refractivity contribution in [3.05, 3.63) is 84.4 Å². The molecule has 0 saturated heterocycles. The Bertz CT molecular complexity index is 1180. The van der Waals surface area contributed by atoms with Gasteiger partial charge >= 0.3 is 5.97 Å². The van der Waals surface area contributed by atoms with Gasteiger partial charge in [-0.25, -0.2) is 17.5 Å². The second kappa shape index (κ2) is 10.1. The Kier molecular flexibility index (Phi) is 7.24. The van der Waals surface area contributed by atoms with Crippen LogP contribution in [0.4, 0.5) is 5.69 Å². The Labute approximate surface area is 186 Å². The second-order valence-corrected chi connectivity index (χ2v) is 9.03. The largest absolute Gasteiger partial charge is 0.457 e. The average Bonchev–Trinajstić information content (AvgIpc) is 2.79.